The first kappa shape index (κ1) is 22.1. The van der Waals surface area contributed by atoms with E-state index in [1.807, 2.05) is 18.2 Å². The predicted molar refractivity (Wildman–Crippen MR) is 123 cm³/mol. The van der Waals surface area contributed by atoms with Gasteiger partial charge in [-0.1, -0.05) is 18.2 Å². The topological polar surface area (TPSA) is 82.9 Å². The van der Waals surface area contributed by atoms with E-state index < -0.39 is 10.0 Å². The molecule has 0 saturated carbocycles. The van der Waals surface area contributed by atoms with Gasteiger partial charge in [-0.3, -0.25) is 14.0 Å². The lowest BCUT2D eigenvalue weighted by Crippen LogP contribution is -2.36. The van der Waals surface area contributed by atoms with Gasteiger partial charge in [0.25, 0.3) is 15.9 Å². The molecule has 1 atom stereocenters. The van der Waals surface area contributed by atoms with Crippen molar-refractivity contribution in [1.82, 2.24) is 10.2 Å². The van der Waals surface area contributed by atoms with Crippen molar-refractivity contribution in [2.45, 2.75) is 23.8 Å². The van der Waals surface area contributed by atoms with Crippen molar-refractivity contribution in [3.8, 4) is 0 Å². The number of carbonyl (C=O) groups excluding carboxylic acids is 1. The maximum absolute atomic E-state index is 12.9. The number of amides is 1. The van der Waals surface area contributed by atoms with Gasteiger partial charge in [-0.25, -0.2) is 8.42 Å². The summed E-state index contributed by atoms with van der Waals surface area (Å²) in [5, 5.41) is 2.97. The van der Waals surface area contributed by atoms with E-state index >= 15 is 0 Å². The van der Waals surface area contributed by atoms with Gasteiger partial charge in [0.05, 0.1) is 22.9 Å². The summed E-state index contributed by atoms with van der Waals surface area (Å²) in [6.07, 6.45) is 3.92. The second-order valence-corrected chi connectivity index (χ2v) is 9.79. The Kier molecular flexibility index (Phi) is 6.62. The Hall–Kier alpha value is -3.10. The molecule has 32 heavy (non-hydrogen) atoms. The average Bonchev–Trinajstić information content (AvgIpc) is 3.54. The molecular formula is C24H27N3O4S. The minimum absolute atomic E-state index is 0.0179. The van der Waals surface area contributed by atoms with Crippen LogP contribution in [-0.4, -0.2) is 45.9 Å². The first-order chi connectivity index (χ1) is 15.5. The molecule has 8 heteroatoms. The fourth-order valence-corrected chi connectivity index (χ4v) is 5.14. The number of hydrogen-bond acceptors (Lipinski definition) is 5. The quantitative estimate of drug-likeness (QED) is 0.563. The minimum Gasteiger partial charge on any atom is -0.468 e. The van der Waals surface area contributed by atoms with Crippen LogP contribution in [0.15, 0.2) is 82.3 Å². The zero-order valence-electron chi connectivity index (χ0n) is 18.0. The standard InChI is InChI=1S/C24H27N3O4S/c1-26(20-8-3-2-4-9-20)32(29,30)21-13-11-19(12-14-21)24(28)25-18-22(23-10-7-17-31-23)27-15-5-6-16-27/h2-4,7-14,17,22H,5-6,15-16,18H2,1H3,(H,25,28)/t22-/m0/s1. The highest BCUT2D eigenvalue weighted by Crippen LogP contribution is 2.25. The predicted octanol–water partition coefficient (Wildman–Crippen LogP) is 3.67. The molecule has 1 aromatic heterocycles. The van der Waals surface area contributed by atoms with Crippen molar-refractivity contribution < 1.29 is 17.6 Å². The monoisotopic (exact) mass is 453 g/mol. The number of rotatable bonds is 8. The highest BCUT2D eigenvalue weighted by molar-refractivity contribution is 7.92. The third kappa shape index (κ3) is 4.71. The van der Waals surface area contributed by atoms with E-state index in [0.717, 1.165) is 31.7 Å². The molecule has 1 saturated heterocycles. The van der Waals surface area contributed by atoms with Gasteiger partial charge in [-0.15, -0.1) is 0 Å². The number of sulfonamides is 1. The van der Waals surface area contributed by atoms with Crippen LogP contribution in [0.1, 0.15) is 35.0 Å². The number of carbonyl (C=O) groups is 1. The third-order valence-corrected chi connectivity index (χ3v) is 7.60. The first-order valence-electron chi connectivity index (χ1n) is 10.7. The van der Waals surface area contributed by atoms with E-state index in [0.29, 0.717) is 17.8 Å². The fraction of sp³-hybridized carbons (Fsp3) is 0.292. The number of nitrogens with one attached hydrogen (secondary N) is 1. The molecular weight excluding hydrogens is 426 g/mol. The van der Waals surface area contributed by atoms with Crippen molar-refractivity contribution in [3.05, 3.63) is 84.3 Å². The van der Waals surface area contributed by atoms with E-state index in [1.165, 1.54) is 23.5 Å². The zero-order chi connectivity index (χ0) is 22.6. The summed E-state index contributed by atoms with van der Waals surface area (Å²) >= 11 is 0. The lowest BCUT2D eigenvalue weighted by Gasteiger charge is -2.26. The fourth-order valence-electron chi connectivity index (χ4n) is 3.95. The van der Waals surface area contributed by atoms with Gasteiger partial charge in [0.1, 0.15) is 5.76 Å². The summed E-state index contributed by atoms with van der Waals surface area (Å²) in [6.45, 7) is 2.37. The van der Waals surface area contributed by atoms with Crippen molar-refractivity contribution in [3.63, 3.8) is 0 Å². The largest absolute Gasteiger partial charge is 0.468 e. The van der Waals surface area contributed by atoms with E-state index in [4.69, 9.17) is 4.42 Å². The number of anilines is 1. The van der Waals surface area contributed by atoms with Crippen LogP contribution < -0.4 is 9.62 Å². The molecule has 0 unspecified atom stereocenters. The van der Waals surface area contributed by atoms with Gasteiger partial charge >= 0.3 is 0 Å². The second-order valence-electron chi connectivity index (χ2n) is 7.82. The molecule has 0 bridgehead atoms. The molecule has 2 heterocycles. The van der Waals surface area contributed by atoms with Crippen LogP contribution >= 0.6 is 0 Å². The Morgan fingerprint density at radius 1 is 1.03 bits per heavy atom. The Morgan fingerprint density at radius 2 is 1.72 bits per heavy atom. The second kappa shape index (κ2) is 9.58. The van der Waals surface area contributed by atoms with Crippen LogP contribution in [-0.2, 0) is 10.0 Å². The molecule has 2 aromatic carbocycles. The van der Waals surface area contributed by atoms with Crippen LogP contribution in [0.2, 0.25) is 0 Å². The summed E-state index contributed by atoms with van der Waals surface area (Å²) in [6, 6.07) is 18.6. The first-order valence-corrected chi connectivity index (χ1v) is 12.1. The number of hydrogen-bond donors (Lipinski definition) is 1. The molecule has 1 amide bonds. The molecule has 1 fully saturated rings. The summed E-state index contributed by atoms with van der Waals surface area (Å²) < 4.78 is 32.7. The summed E-state index contributed by atoms with van der Waals surface area (Å²) in [7, 11) is -2.21. The number of benzene rings is 2. The molecule has 1 aliphatic rings. The summed E-state index contributed by atoms with van der Waals surface area (Å²) in [5.74, 6) is 0.582. The maximum atomic E-state index is 12.9. The van der Waals surface area contributed by atoms with Gasteiger partial charge in [0, 0.05) is 19.2 Å². The molecule has 0 spiro atoms. The lowest BCUT2D eigenvalue weighted by atomic mass is 10.1. The Morgan fingerprint density at radius 3 is 2.34 bits per heavy atom. The molecule has 4 rings (SSSR count). The van der Waals surface area contributed by atoms with Crippen molar-refractivity contribution in [1.29, 1.82) is 0 Å². The van der Waals surface area contributed by atoms with Crippen molar-refractivity contribution >= 4 is 21.6 Å². The summed E-state index contributed by atoms with van der Waals surface area (Å²) in [5.41, 5.74) is 0.978. The van der Waals surface area contributed by atoms with Crippen molar-refractivity contribution in [2.24, 2.45) is 0 Å². The van der Waals surface area contributed by atoms with Crippen LogP contribution in [0.4, 0.5) is 5.69 Å². The Labute approximate surface area is 188 Å². The van der Waals surface area contributed by atoms with Gasteiger partial charge in [0.2, 0.25) is 0 Å². The molecule has 0 radical (unpaired) electrons. The van der Waals surface area contributed by atoms with Crippen LogP contribution in [0.25, 0.3) is 0 Å². The number of para-hydroxylation sites is 1. The maximum Gasteiger partial charge on any atom is 0.264 e. The average molecular weight is 454 g/mol. The number of nitrogens with zero attached hydrogens (tertiary/aromatic N) is 2. The van der Waals surface area contributed by atoms with E-state index in [2.05, 4.69) is 10.2 Å². The highest BCUT2D eigenvalue weighted by Gasteiger charge is 2.26. The smallest absolute Gasteiger partial charge is 0.264 e. The summed E-state index contributed by atoms with van der Waals surface area (Å²) in [4.78, 5) is 15.2. The van der Waals surface area contributed by atoms with E-state index in [-0.39, 0.29) is 16.8 Å². The molecule has 7 nitrogen and oxygen atoms in total. The minimum atomic E-state index is -3.72. The molecule has 1 aliphatic heterocycles. The molecule has 168 valence electrons. The van der Waals surface area contributed by atoms with Gasteiger partial charge in [0.15, 0.2) is 0 Å². The van der Waals surface area contributed by atoms with E-state index in [9.17, 15) is 13.2 Å². The number of furan rings is 1. The Bertz CT molecular complexity index is 1120. The SMILES string of the molecule is CN(c1ccccc1)S(=O)(=O)c1ccc(C(=O)NC[C@@H](c2ccco2)N2CCCC2)cc1. The lowest BCUT2D eigenvalue weighted by molar-refractivity contribution is 0.0933. The van der Waals surface area contributed by atoms with Crippen molar-refractivity contribution in [2.75, 3.05) is 31.0 Å². The zero-order valence-corrected chi connectivity index (χ0v) is 18.8. The van der Waals surface area contributed by atoms with Crippen LogP contribution in [0.5, 0.6) is 0 Å². The number of likely N-dealkylation sites (tertiary alicyclic amines) is 1. The van der Waals surface area contributed by atoms with Gasteiger partial charge in [-0.2, -0.15) is 0 Å². The van der Waals surface area contributed by atoms with Gasteiger partial charge < -0.3 is 9.73 Å². The normalized spacial score (nSPS) is 15.4. The molecule has 0 aliphatic carbocycles. The van der Waals surface area contributed by atoms with Crippen LogP contribution in [0.3, 0.4) is 0 Å². The third-order valence-electron chi connectivity index (χ3n) is 5.80. The van der Waals surface area contributed by atoms with Crippen LogP contribution in [0, 0.1) is 0 Å². The van der Waals surface area contributed by atoms with Gasteiger partial charge in [-0.05, 0) is 74.5 Å². The van der Waals surface area contributed by atoms with E-state index in [1.54, 1.807) is 42.7 Å². The highest BCUT2D eigenvalue weighted by atomic mass is 32.2. The molecule has 3 aromatic rings. The Balaban J connectivity index is 1.44. The molecule has 1 N–H and O–H groups in total.